The Morgan fingerprint density at radius 3 is 2.18 bits per heavy atom. The van der Waals surface area contributed by atoms with E-state index in [0.29, 0.717) is 17.8 Å². The van der Waals surface area contributed by atoms with Gasteiger partial charge in [0.1, 0.15) is 28.3 Å². The highest BCUT2D eigenvalue weighted by Gasteiger charge is 2.40. The molecule has 1 N–H and O–H groups in total. The van der Waals surface area contributed by atoms with Gasteiger partial charge in [-0.15, -0.1) is 0 Å². The van der Waals surface area contributed by atoms with Crippen molar-refractivity contribution in [3.63, 3.8) is 0 Å². The summed E-state index contributed by atoms with van der Waals surface area (Å²) in [6, 6.07) is 21.7. The summed E-state index contributed by atoms with van der Waals surface area (Å²) in [6.45, 7) is 0. The van der Waals surface area contributed by atoms with E-state index in [4.69, 9.17) is 0 Å². The molecule has 1 aliphatic heterocycles. The zero-order valence-corrected chi connectivity index (χ0v) is 18.0. The maximum atomic E-state index is 13.5. The molecule has 8 heteroatoms. The summed E-state index contributed by atoms with van der Waals surface area (Å²) in [4.78, 5) is 27.5. The summed E-state index contributed by atoms with van der Waals surface area (Å²) in [5, 5.41) is 12.0. The Balaban J connectivity index is 1.72. The van der Waals surface area contributed by atoms with Crippen molar-refractivity contribution in [3.8, 4) is 6.07 Å². The maximum Gasteiger partial charge on any atom is 0.269 e. The molecule has 164 valence electrons. The second kappa shape index (κ2) is 9.67. The standard InChI is InChI=1S/C25H17F2N3O2S/c26-17-6-10-19(11-7-17)29-23(31)21(15-28)25-30(20-12-8-18(27)9-13-20)24(32)22(33-25)14-16-4-2-1-3-5-16/h1-13,22H,14H2,(H,29,31)/b25-21+/t22-/m0/s1. The molecule has 5 nitrogen and oxygen atoms in total. The molecule has 0 bridgehead atoms. The monoisotopic (exact) mass is 461 g/mol. The van der Waals surface area contributed by atoms with Crippen LogP contribution in [0, 0.1) is 23.0 Å². The van der Waals surface area contributed by atoms with E-state index < -0.39 is 22.8 Å². The van der Waals surface area contributed by atoms with E-state index >= 15 is 0 Å². The van der Waals surface area contributed by atoms with Crippen LogP contribution in [0.3, 0.4) is 0 Å². The number of carbonyl (C=O) groups is 2. The van der Waals surface area contributed by atoms with E-state index in [0.717, 1.165) is 17.3 Å². The minimum Gasteiger partial charge on any atom is -0.321 e. The normalized spacial score (nSPS) is 16.9. The molecule has 1 fully saturated rings. The SMILES string of the molecule is N#C/C(C(=O)Nc1ccc(F)cc1)=C1\S[C@@H](Cc2ccccc2)C(=O)N1c1ccc(F)cc1. The zero-order chi connectivity index (χ0) is 23.4. The Morgan fingerprint density at radius 2 is 1.58 bits per heavy atom. The van der Waals surface area contributed by atoms with Gasteiger partial charge in [0.25, 0.3) is 5.91 Å². The molecule has 4 rings (SSSR count). The summed E-state index contributed by atoms with van der Waals surface area (Å²) in [7, 11) is 0. The number of nitrogens with one attached hydrogen (secondary N) is 1. The first kappa shape index (κ1) is 22.2. The summed E-state index contributed by atoms with van der Waals surface area (Å²) < 4.78 is 26.7. The first-order chi connectivity index (χ1) is 16.0. The number of carbonyl (C=O) groups excluding carboxylic acids is 2. The van der Waals surface area contributed by atoms with Crippen molar-refractivity contribution < 1.29 is 18.4 Å². The van der Waals surface area contributed by atoms with Crippen LogP contribution in [-0.4, -0.2) is 17.1 Å². The van der Waals surface area contributed by atoms with Crippen molar-refractivity contribution in [2.75, 3.05) is 10.2 Å². The molecule has 1 atom stereocenters. The molecular formula is C25H17F2N3O2S. The maximum absolute atomic E-state index is 13.5. The van der Waals surface area contributed by atoms with Crippen molar-refractivity contribution in [1.29, 1.82) is 5.26 Å². The first-order valence-electron chi connectivity index (χ1n) is 9.97. The van der Waals surface area contributed by atoms with Crippen LogP contribution in [0.25, 0.3) is 0 Å². The number of nitrogens with zero attached hydrogens (tertiary/aromatic N) is 2. The predicted octanol–water partition coefficient (Wildman–Crippen LogP) is 5.03. The van der Waals surface area contributed by atoms with Gasteiger partial charge >= 0.3 is 0 Å². The predicted molar refractivity (Wildman–Crippen MR) is 123 cm³/mol. The molecule has 1 saturated heterocycles. The lowest BCUT2D eigenvalue weighted by atomic mass is 10.1. The van der Waals surface area contributed by atoms with Gasteiger partial charge in [-0.25, -0.2) is 8.78 Å². The molecule has 2 amide bonds. The number of nitriles is 1. The van der Waals surface area contributed by atoms with Crippen molar-refractivity contribution in [2.45, 2.75) is 11.7 Å². The molecule has 1 heterocycles. The molecule has 0 aliphatic carbocycles. The highest BCUT2D eigenvalue weighted by atomic mass is 32.2. The number of benzene rings is 3. The number of hydrogen-bond donors (Lipinski definition) is 1. The molecule has 33 heavy (non-hydrogen) atoms. The largest absolute Gasteiger partial charge is 0.321 e. The number of halogens is 2. The molecule has 3 aromatic carbocycles. The van der Waals surface area contributed by atoms with Crippen LogP contribution in [0.15, 0.2) is 89.5 Å². The highest BCUT2D eigenvalue weighted by molar-refractivity contribution is 8.05. The molecular weight excluding hydrogens is 444 g/mol. The van der Waals surface area contributed by atoms with Crippen LogP contribution in [-0.2, 0) is 16.0 Å². The van der Waals surface area contributed by atoms with Crippen LogP contribution in [0.2, 0.25) is 0 Å². The fourth-order valence-electron chi connectivity index (χ4n) is 3.37. The third-order valence-corrected chi connectivity index (χ3v) is 6.22. The molecule has 0 saturated carbocycles. The number of hydrogen-bond acceptors (Lipinski definition) is 4. The van der Waals surface area contributed by atoms with E-state index in [-0.39, 0.29) is 16.5 Å². The molecule has 0 spiro atoms. The average Bonchev–Trinajstić information content (AvgIpc) is 3.12. The fraction of sp³-hybridized carbons (Fsp3) is 0.0800. The number of rotatable bonds is 5. The van der Waals surface area contributed by atoms with Gasteiger partial charge < -0.3 is 5.32 Å². The van der Waals surface area contributed by atoms with Crippen LogP contribution in [0.4, 0.5) is 20.2 Å². The minimum atomic E-state index is -0.730. The second-order valence-corrected chi connectivity index (χ2v) is 8.39. The minimum absolute atomic E-state index is 0.162. The lowest BCUT2D eigenvalue weighted by Crippen LogP contribution is -2.30. The van der Waals surface area contributed by atoms with Crippen molar-refractivity contribution in [2.24, 2.45) is 0 Å². The van der Waals surface area contributed by atoms with Gasteiger partial charge in [0.2, 0.25) is 5.91 Å². The van der Waals surface area contributed by atoms with Crippen LogP contribution >= 0.6 is 11.8 Å². The topological polar surface area (TPSA) is 73.2 Å². The quantitative estimate of drug-likeness (QED) is 0.427. The van der Waals surface area contributed by atoms with Gasteiger partial charge in [0.05, 0.1) is 5.25 Å². The van der Waals surface area contributed by atoms with Gasteiger partial charge in [-0.3, -0.25) is 14.5 Å². The molecule has 0 unspecified atom stereocenters. The number of amides is 2. The third-order valence-electron chi connectivity index (χ3n) is 4.96. The smallest absolute Gasteiger partial charge is 0.269 e. The molecule has 3 aromatic rings. The summed E-state index contributed by atoms with van der Waals surface area (Å²) in [5.74, 6) is -1.98. The Morgan fingerprint density at radius 1 is 0.970 bits per heavy atom. The lowest BCUT2D eigenvalue weighted by molar-refractivity contribution is -0.117. The van der Waals surface area contributed by atoms with Crippen molar-refractivity contribution >= 4 is 35.0 Å². The van der Waals surface area contributed by atoms with Gasteiger partial charge in [-0.05, 0) is 60.5 Å². The van der Waals surface area contributed by atoms with Crippen LogP contribution < -0.4 is 10.2 Å². The average molecular weight is 461 g/mol. The van der Waals surface area contributed by atoms with Gasteiger partial charge in [0, 0.05) is 11.4 Å². The summed E-state index contributed by atoms with van der Waals surface area (Å²) in [6.07, 6.45) is 0.393. The molecule has 1 aliphatic rings. The Labute approximate surface area is 193 Å². The fourth-order valence-corrected chi connectivity index (χ4v) is 4.68. The van der Waals surface area contributed by atoms with E-state index in [1.165, 1.54) is 53.4 Å². The Bertz CT molecular complexity index is 1250. The second-order valence-electron chi connectivity index (χ2n) is 7.20. The third kappa shape index (κ3) is 4.94. The lowest BCUT2D eigenvalue weighted by Gasteiger charge is -2.18. The van der Waals surface area contributed by atoms with Crippen LogP contribution in [0.1, 0.15) is 5.56 Å². The number of anilines is 2. The summed E-state index contributed by atoms with van der Waals surface area (Å²) >= 11 is 1.11. The van der Waals surface area contributed by atoms with E-state index in [2.05, 4.69) is 5.32 Å². The van der Waals surface area contributed by atoms with E-state index in [1.54, 1.807) is 0 Å². The van der Waals surface area contributed by atoms with E-state index in [1.807, 2.05) is 36.4 Å². The summed E-state index contributed by atoms with van der Waals surface area (Å²) in [5.41, 5.74) is 1.32. The van der Waals surface area contributed by atoms with Crippen molar-refractivity contribution in [3.05, 3.63) is 107 Å². The molecule has 0 radical (unpaired) electrons. The van der Waals surface area contributed by atoms with Crippen LogP contribution in [0.5, 0.6) is 0 Å². The first-order valence-corrected chi connectivity index (χ1v) is 10.9. The number of thioether (sulfide) groups is 1. The zero-order valence-electron chi connectivity index (χ0n) is 17.2. The van der Waals surface area contributed by atoms with Gasteiger partial charge in [-0.2, -0.15) is 5.26 Å². The van der Waals surface area contributed by atoms with E-state index in [9.17, 15) is 23.6 Å². The highest BCUT2D eigenvalue weighted by Crippen LogP contribution is 2.42. The van der Waals surface area contributed by atoms with Gasteiger partial charge in [-0.1, -0.05) is 42.1 Å². The van der Waals surface area contributed by atoms with Gasteiger partial charge in [0.15, 0.2) is 0 Å². The Hall–Kier alpha value is -3.96. The van der Waals surface area contributed by atoms with Crippen molar-refractivity contribution in [1.82, 2.24) is 0 Å². The molecule has 0 aromatic heterocycles. The Kier molecular flexibility index (Phi) is 6.52.